The van der Waals surface area contributed by atoms with Crippen LogP contribution >= 0.6 is 11.3 Å². The first-order chi connectivity index (χ1) is 6.61. The summed E-state index contributed by atoms with van der Waals surface area (Å²) in [7, 11) is 0. The molecule has 0 bridgehead atoms. The van der Waals surface area contributed by atoms with E-state index in [4.69, 9.17) is 0 Å². The molecule has 0 saturated carbocycles. The van der Waals surface area contributed by atoms with Crippen LogP contribution in [0.3, 0.4) is 0 Å². The van der Waals surface area contributed by atoms with E-state index >= 15 is 0 Å². The molecule has 0 amide bonds. The highest BCUT2D eigenvalue weighted by atomic mass is 32.1. The molecule has 0 spiro atoms. The van der Waals surface area contributed by atoms with Gasteiger partial charge < -0.3 is 5.32 Å². The van der Waals surface area contributed by atoms with Crippen molar-refractivity contribution in [3.63, 3.8) is 0 Å². The first-order valence-corrected chi connectivity index (χ1v) is 6.26. The zero-order chi connectivity index (χ0) is 10.6. The van der Waals surface area contributed by atoms with Crippen LogP contribution in [0.5, 0.6) is 0 Å². The fraction of sp³-hybridized carbons (Fsp3) is 0.667. The standard InChI is InChI=1S/C12H21NS/c1-9(2)5-7-13-11(4)12-10(3)6-8-14-12/h6,8-9,11,13H,5,7H2,1-4H3/t11-/m1/s1. The van der Waals surface area contributed by atoms with Crippen molar-refractivity contribution in [3.8, 4) is 0 Å². The lowest BCUT2D eigenvalue weighted by Crippen LogP contribution is -2.20. The van der Waals surface area contributed by atoms with Crippen LogP contribution < -0.4 is 5.32 Å². The lowest BCUT2D eigenvalue weighted by molar-refractivity contribution is 0.500. The maximum atomic E-state index is 3.57. The van der Waals surface area contributed by atoms with Crippen LogP contribution in [-0.4, -0.2) is 6.54 Å². The molecule has 0 fully saturated rings. The molecule has 1 rings (SSSR count). The molecule has 1 N–H and O–H groups in total. The van der Waals surface area contributed by atoms with Crippen LogP contribution in [0.1, 0.15) is 43.7 Å². The first-order valence-electron chi connectivity index (χ1n) is 5.38. The van der Waals surface area contributed by atoms with Gasteiger partial charge in [0, 0.05) is 10.9 Å². The third-order valence-corrected chi connectivity index (χ3v) is 3.67. The lowest BCUT2D eigenvalue weighted by atomic mass is 10.1. The number of thiophene rings is 1. The zero-order valence-electron chi connectivity index (χ0n) is 9.63. The molecule has 0 unspecified atom stereocenters. The van der Waals surface area contributed by atoms with Gasteiger partial charge in [0.15, 0.2) is 0 Å². The van der Waals surface area contributed by atoms with Crippen molar-refractivity contribution in [2.75, 3.05) is 6.54 Å². The molecule has 0 saturated heterocycles. The van der Waals surface area contributed by atoms with E-state index in [1.807, 2.05) is 11.3 Å². The Kier molecular flexibility index (Phi) is 4.63. The molecule has 0 aromatic carbocycles. The van der Waals surface area contributed by atoms with Crippen molar-refractivity contribution in [3.05, 3.63) is 21.9 Å². The molecular weight excluding hydrogens is 190 g/mol. The Morgan fingerprint density at radius 1 is 1.36 bits per heavy atom. The van der Waals surface area contributed by atoms with Crippen LogP contribution in [0.2, 0.25) is 0 Å². The third-order valence-electron chi connectivity index (χ3n) is 2.47. The molecule has 0 aliphatic carbocycles. The predicted octanol–water partition coefficient (Wildman–Crippen LogP) is 3.75. The smallest absolute Gasteiger partial charge is 0.0388 e. The normalized spacial score (nSPS) is 13.5. The maximum Gasteiger partial charge on any atom is 0.0388 e. The molecule has 1 aromatic rings. The first kappa shape index (κ1) is 11.7. The molecule has 2 heteroatoms. The molecule has 0 radical (unpaired) electrons. The SMILES string of the molecule is Cc1ccsc1[C@@H](C)NCCC(C)C. The van der Waals surface area contributed by atoms with E-state index in [9.17, 15) is 0 Å². The number of nitrogens with one attached hydrogen (secondary N) is 1. The Morgan fingerprint density at radius 2 is 2.07 bits per heavy atom. The highest BCUT2D eigenvalue weighted by Crippen LogP contribution is 2.23. The Labute approximate surface area is 91.5 Å². The Morgan fingerprint density at radius 3 is 2.57 bits per heavy atom. The molecule has 1 heterocycles. The van der Waals surface area contributed by atoms with Gasteiger partial charge in [0.25, 0.3) is 0 Å². The van der Waals surface area contributed by atoms with Crippen molar-refractivity contribution in [1.82, 2.24) is 5.32 Å². The van der Waals surface area contributed by atoms with E-state index in [-0.39, 0.29) is 0 Å². The van der Waals surface area contributed by atoms with Crippen LogP contribution in [-0.2, 0) is 0 Å². The quantitative estimate of drug-likeness (QED) is 0.782. The second-order valence-electron chi connectivity index (χ2n) is 4.33. The van der Waals surface area contributed by atoms with Crippen LogP contribution in [0.4, 0.5) is 0 Å². The minimum Gasteiger partial charge on any atom is -0.309 e. The number of hydrogen-bond acceptors (Lipinski definition) is 2. The van der Waals surface area contributed by atoms with Gasteiger partial charge >= 0.3 is 0 Å². The monoisotopic (exact) mass is 211 g/mol. The van der Waals surface area contributed by atoms with Gasteiger partial charge in [0.05, 0.1) is 0 Å². The summed E-state index contributed by atoms with van der Waals surface area (Å²) >= 11 is 1.85. The van der Waals surface area contributed by atoms with Gasteiger partial charge in [0.1, 0.15) is 0 Å². The Balaban J connectivity index is 2.36. The van der Waals surface area contributed by atoms with Gasteiger partial charge in [-0.15, -0.1) is 11.3 Å². The summed E-state index contributed by atoms with van der Waals surface area (Å²) < 4.78 is 0. The summed E-state index contributed by atoms with van der Waals surface area (Å²) in [4.78, 5) is 1.48. The summed E-state index contributed by atoms with van der Waals surface area (Å²) in [5.74, 6) is 0.791. The van der Waals surface area contributed by atoms with Gasteiger partial charge in [-0.05, 0) is 49.7 Å². The molecule has 80 valence electrons. The highest BCUT2D eigenvalue weighted by molar-refractivity contribution is 7.10. The van der Waals surface area contributed by atoms with Crippen molar-refractivity contribution in [1.29, 1.82) is 0 Å². The van der Waals surface area contributed by atoms with E-state index in [1.54, 1.807) is 0 Å². The summed E-state index contributed by atoms with van der Waals surface area (Å²) in [6.07, 6.45) is 1.26. The average Bonchev–Trinajstić information content (AvgIpc) is 2.50. The second kappa shape index (κ2) is 5.52. The fourth-order valence-electron chi connectivity index (χ4n) is 1.51. The molecule has 0 aliphatic heterocycles. The number of rotatable bonds is 5. The topological polar surface area (TPSA) is 12.0 Å². The molecule has 1 nitrogen and oxygen atoms in total. The van der Waals surface area contributed by atoms with Crippen molar-refractivity contribution in [2.24, 2.45) is 5.92 Å². The van der Waals surface area contributed by atoms with Crippen LogP contribution in [0.15, 0.2) is 11.4 Å². The summed E-state index contributed by atoms with van der Waals surface area (Å²) in [6, 6.07) is 2.70. The van der Waals surface area contributed by atoms with E-state index in [0.717, 1.165) is 12.5 Å². The van der Waals surface area contributed by atoms with Gasteiger partial charge in [-0.2, -0.15) is 0 Å². The lowest BCUT2D eigenvalue weighted by Gasteiger charge is -2.14. The van der Waals surface area contributed by atoms with Crippen molar-refractivity contribution < 1.29 is 0 Å². The maximum absolute atomic E-state index is 3.57. The number of aryl methyl sites for hydroxylation is 1. The minimum absolute atomic E-state index is 0.508. The van der Waals surface area contributed by atoms with Gasteiger partial charge in [-0.1, -0.05) is 13.8 Å². The predicted molar refractivity (Wildman–Crippen MR) is 64.9 cm³/mol. The van der Waals surface area contributed by atoms with Crippen LogP contribution in [0, 0.1) is 12.8 Å². The van der Waals surface area contributed by atoms with Gasteiger partial charge in [0.2, 0.25) is 0 Å². The molecule has 1 atom stereocenters. The largest absolute Gasteiger partial charge is 0.309 e. The second-order valence-corrected chi connectivity index (χ2v) is 5.27. The summed E-state index contributed by atoms with van der Waals surface area (Å²) in [6.45, 7) is 10.1. The third kappa shape index (κ3) is 3.43. The molecule has 1 aromatic heterocycles. The van der Waals surface area contributed by atoms with Crippen molar-refractivity contribution >= 4 is 11.3 Å². The fourth-order valence-corrected chi connectivity index (χ4v) is 2.47. The average molecular weight is 211 g/mol. The number of hydrogen-bond donors (Lipinski definition) is 1. The zero-order valence-corrected chi connectivity index (χ0v) is 10.4. The van der Waals surface area contributed by atoms with E-state index in [1.165, 1.54) is 16.9 Å². The van der Waals surface area contributed by atoms with E-state index < -0.39 is 0 Å². The minimum atomic E-state index is 0.508. The molecule has 0 aliphatic rings. The van der Waals surface area contributed by atoms with Gasteiger partial charge in [-0.3, -0.25) is 0 Å². The summed E-state index contributed by atoms with van der Waals surface area (Å²) in [5.41, 5.74) is 1.42. The Bertz CT molecular complexity index is 265. The van der Waals surface area contributed by atoms with Crippen LogP contribution in [0.25, 0.3) is 0 Å². The molecule has 14 heavy (non-hydrogen) atoms. The summed E-state index contributed by atoms with van der Waals surface area (Å²) in [5, 5.41) is 5.74. The van der Waals surface area contributed by atoms with Crippen molar-refractivity contribution in [2.45, 2.75) is 40.2 Å². The van der Waals surface area contributed by atoms with Gasteiger partial charge in [-0.25, -0.2) is 0 Å². The van der Waals surface area contributed by atoms with E-state index in [2.05, 4.69) is 44.5 Å². The molecular formula is C12H21NS. The van der Waals surface area contributed by atoms with E-state index in [0.29, 0.717) is 6.04 Å². The highest BCUT2D eigenvalue weighted by Gasteiger charge is 2.08. The Hall–Kier alpha value is -0.340.